The first-order valence-electron chi connectivity index (χ1n) is 11.6. The van der Waals surface area contributed by atoms with Crippen LogP contribution in [0.2, 0.25) is 0 Å². The lowest BCUT2D eigenvalue weighted by Crippen LogP contribution is -2.46. The molecule has 0 saturated carbocycles. The standard InChI is InChI=1S/C24H40N4O3.HI/c1-6-25-23(27(5)18-22(29)28(7-2)8-3)26-19-24(14-16-30-17-15-24)20-10-12-21(13-11-20)31-9-4;/h10-13H,6-9,14-19H2,1-5H3,(H,25,26);1H. The van der Waals surface area contributed by atoms with E-state index in [4.69, 9.17) is 14.5 Å². The summed E-state index contributed by atoms with van der Waals surface area (Å²) in [5.41, 5.74) is 1.19. The number of nitrogens with zero attached hydrogens (tertiary/aromatic N) is 3. The van der Waals surface area contributed by atoms with Crippen LogP contribution in [0, 0.1) is 0 Å². The van der Waals surface area contributed by atoms with E-state index in [-0.39, 0.29) is 35.3 Å². The Morgan fingerprint density at radius 2 is 1.75 bits per heavy atom. The molecule has 1 N–H and O–H groups in total. The number of hydrogen-bond donors (Lipinski definition) is 1. The van der Waals surface area contributed by atoms with Gasteiger partial charge in [-0.25, -0.2) is 0 Å². The number of ether oxygens (including phenoxy) is 2. The van der Waals surface area contributed by atoms with Gasteiger partial charge in [-0.1, -0.05) is 12.1 Å². The summed E-state index contributed by atoms with van der Waals surface area (Å²) in [5.74, 6) is 1.77. The number of hydrogen-bond acceptors (Lipinski definition) is 4. The monoisotopic (exact) mass is 560 g/mol. The third-order valence-corrected chi connectivity index (χ3v) is 5.94. The van der Waals surface area contributed by atoms with Crippen molar-refractivity contribution in [1.82, 2.24) is 15.1 Å². The van der Waals surface area contributed by atoms with Gasteiger partial charge in [0.25, 0.3) is 0 Å². The van der Waals surface area contributed by atoms with Gasteiger partial charge in [-0.05, 0) is 58.2 Å². The second-order valence-electron chi connectivity index (χ2n) is 7.94. The third kappa shape index (κ3) is 7.79. The van der Waals surface area contributed by atoms with E-state index in [1.807, 2.05) is 56.7 Å². The predicted octanol–water partition coefficient (Wildman–Crippen LogP) is 3.52. The quantitative estimate of drug-likeness (QED) is 0.270. The molecular formula is C24H41IN4O3. The molecule has 7 nitrogen and oxygen atoms in total. The van der Waals surface area contributed by atoms with Gasteiger partial charge in [0.15, 0.2) is 5.96 Å². The Kier molecular flexibility index (Phi) is 13.0. The van der Waals surface area contributed by atoms with Crippen molar-refractivity contribution in [2.24, 2.45) is 4.99 Å². The van der Waals surface area contributed by atoms with Crippen LogP contribution in [0.15, 0.2) is 29.3 Å². The molecule has 1 heterocycles. The summed E-state index contributed by atoms with van der Waals surface area (Å²) in [6, 6.07) is 8.40. The molecule has 0 atom stereocenters. The number of aliphatic imine (C=N–C) groups is 1. The molecule has 1 amide bonds. The van der Waals surface area contributed by atoms with Gasteiger partial charge in [0.1, 0.15) is 5.75 Å². The van der Waals surface area contributed by atoms with Crippen molar-refractivity contribution in [3.8, 4) is 5.75 Å². The van der Waals surface area contributed by atoms with Gasteiger partial charge in [0.05, 0.1) is 19.7 Å². The molecule has 1 aromatic rings. The Bertz CT molecular complexity index is 702. The number of benzene rings is 1. The Hall–Kier alpha value is -1.55. The minimum atomic E-state index is -0.0760. The van der Waals surface area contributed by atoms with Crippen LogP contribution in [-0.4, -0.2) is 81.3 Å². The number of carbonyl (C=O) groups excluding carboxylic acids is 1. The van der Waals surface area contributed by atoms with Crippen molar-refractivity contribution in [3.05, 3.63) is 29.8 Å². The minimum absolute atomic E-state index is 0. The SMILES string of the molecule is CCNC(=NCC1(c2ccc(OCC)cc2)CCOCC1)N(C)CC(=O)N(CC)CC.I. The lowest BCUT2D eigenvalue weighted by atomic mass is 9.74. The maximum Gasteiger partial charge on any atom is 0.242 e. The fraction of sp³-hybridized carbons (Fsp3) is 0.667. The zero-order chi connectivity index (χ0) is 22.7. The molecule has 0 radical (unpaired) electrons. The number of amides is 1. The molecule has 2 rings (SSSR count). The first kappa shape index (κ1) is 28.5. The van der Waals surface area contributed by atoms with Crippen molar-refractivity contribution in [2.45, 2.75) is 46.0 Å². The van der Waals surface area contributed by atoms with Crippen LogP contribution in [-0.2, 0) is 14.9 Å². The van der Waals surface area contributed by atoms with Crippen LogP contribution in [0.5, 0.6) is 5.75 Å². The number of nitrogens with one attached hydrogen (secondary N) is 1. The molecule has 8 heteroatoms. The van der Waals surface area contributed by atoms with Crippen LogP contribution in [0.1, 0.15) is 46.1 Å². The van der Waals surface area contributed by atoms with Gasteiger partial charge < -0.3 is 24.6 Å². The number of rotatable bonds is 10. The zero-order valence-corrected chi connectivity index (χ0v) is 22.7. The van der Waals surface area contributed by atoms with E-state index in [1.54, 1.807) is 0 Å². The smallest absolute Gasteiger partial charge is 0.242 e. The topological polar surface area (TPSA) is 66.4 Å². The summed E-state index contributed by atoms with van der Waals surface area (Å²) in [5, 5.41) is 3.35. The first-order chi connectivity index (χ1) is 15.0. The van der Waals surface area contributed by atoms with E-state index in [0.717, 1.165) is 57.4 Å². The summed E-state index contributed by atoms with van der Waals surface area (Å²) in [6.07, 6.45) is 1.85. The fourth-order valence-electron chi connectivity index (χ4n) is 4.02. The molecule has 1 aliphatic rings. The third-order valence-electron chi connectivity index (χ3n) is 5.94. The van der Waals surface area contributed by atoms with Crippen molar-refractivity contribution < 1.29 is 14.3 Å². The molecule has 0 spiro atoms. The van der Waals surface area contributed by atoms with E-state index < -0.39 is 0 Å². The average Bonchev–Trinajstić information content (AvgIpc) is 2.78. The maximum atomic E-state index is 12.6. The zero-order valence-electron chi connectivity index (χ0n) is 20.4. The van der Waals surface area contributed by atoms with Crippen molar-refractivity contribution in [3.63, 3.8) is 0 Å². The van der Waals surface area contributed by atoms with E-state index in [1.165, 1.54) is 5.56 Å². The van der Waals surface area contributed by atoms with Gasteiger partial charge >= 0.3 is 0 Å². The molecule has 0 aromatic heterocycles. The van der Waals surface area contributed by atoms with Crippen molar-refractivity contribution >= 4 is 35.8 Å². The summed E-state index contributed by atoms with van der Waals surface area (Å²) < 4.78 is 11.3. The highest BCUT2D eigenvalue weighted by molar-refractivity contribution is 14.0. The molecule has 32 heavy (non-hydrogen) atoms. The number of guanidine groups is 1. The Morgan fingerprint density at radius 1 is 1.12 bits per heavy atom. The number of carbonyl (C=O) groups is 1. The highest BCUT2D eigenvalue weighted by Crippen LogP contribution is 2.36. The van der Waals surface area contributed by atoms with Gasteiger partial charge in [-0.3, -0.25) is 9.79 Å². The van der Waals surface area contributed by atoms with Crippen LogP contribution >= 0.6 is 24.0 Å². The van der Waals surface area contributed by atoms with Crippen LogP contribution < -0.4 is 10.1 Å². The molecular weight excluding hydrogens is 519 g/mol. The lowest BCUT2D eigenvalue weighted by molar-refractivity contribution is -0.131. The second-order valence-corrected chi connectivity index (χ2v) is 7.94. The Balaban J connectivity index is 0.00000512. The second kappa shape index (κ2) is 14.6. The average molecular weight is 561 g/mol. The van der Waals surface area contributed by atoms with Crippen LogP contribution in [0.25, 0.3) is 0 Å². The van der Waals surface area contributed by atoms with Gasteiger partial charge in [0, 0.05) is 45.3 Å². The molecule has 0 bridgehead atoms. The van der Waals surface area contributed by atoms with E-state index >= 15 is 0 Å². The van der Waals surface area contributed by atoms with Gasteiger partial charge in [-0.15, -0.1) is 24.0 Å². The molecule has 1 fully saturated rings. The van der Waals surface area contributed by atoms with Crippen molar-refractivity contribution in [1.29, 1.82) is 0 Å². The van der Waals surface area contributed by atoms with E-state index in [9.17, 15) is 4.79 Å². The Morgan fingerprint density at radius 3 is 2.28 bits per heavy atom. The highest BCUT2D eigenvalue weighted by atomic mass is 127. The minimum Gasteiger partial charge on any atom is -0.494 e. The summed E-state index contributed by atoms with van der Waals surface area (Å²) in [6.45, 7) is 13.3. The molecule has 0 unspecified atom stereocenters. The Labute approximate surface area is 210 Å². The number of halogens is 1. The largest absolute Gasteiger partial charge is 0.494 e. The van der Waals surface area contributed by atoms with Crippen molar-refractivity contribution in [2.75, 3.05) is 59.6 Å². The maximum absolute atomic E-state index is 12.6. The molecule has 1 aliphatic heterocycles. The summed E-state index contributed by atoms with van der Waals surface area (Å²) in [4.78, 5) is 21.3. The van der Waals surface area contributed by atoms with E-state index in [2.05, 4.69) is 17.4 Å². The van der Waals surface area contributed by atoms with Crippen LogP contribution in [0.3, 0.4) is 0 Å². The number of likely N-dealkylation sites (N-methyl/N-ethyl adjacent to an activating group) is 2. The first-order valence-corrected chi connectivity index (χ1v) is 11.6. The fourth-order valence-corrected chi connectivity index (χ4v) is 4.02. The lowest BCUT2D eigenvalue weighted by Gasteiger charge is -2.37. The normalized spacial score (nSPS) is 15.5. The van der Waals surface area contributed by atoms with E-state index in [0.29, 0.717) is 19.7 Å². The predicted molar refractivity (Wildman–Crippen MR) is 141 cm³/mol. The van der Waals surface area contributed by atoms with Gasteiger partial charge in [-0.2, -0.15) is 0 Å². The highest BCUT2D eigenvalue weighted by Gasteiger charge is 2.34. The van der Waals surface area contributed by atoms with Crippen LogP contribution in [0.4, 0.5) is 0 Å². The molecule has 1 aromatic carbocycles. The summed E-state index contributed by atoms with van der Waals surface area (Å²) in [7, 11) is 1.93. The molecule has 0 aliphatic carbocycles. The molecule has 1 saturated heterocycles. The molecule has 182 valence electrons. The summed E-state index contributed by atoms with van der Waals surface area (Å²) >= 11 is 0. The van der Waals surface area contributed by atoms with Gasteiger partial charge in [0.2, 0.25) is 5.91 Å².